The molecule has 1 aliphatic rings. The fourth-order valence-corrected chi connectivity index (χ4v) is 6.48. The Bertz CT molecular complexity index is 1710. The van der Waals surface area contributed by atoms with Gasteiger partial charge in [-0.2, -0.15) is 0 Å². The molecule has 0 aromatic heterocycles. The molecule has 0 bridgehead atoms. The number of unbranched alkanes of at least 4 members (excludes halogenated alkanes) is 7. The number of carbonyl (C=O) groups excluding carboxylic acids is 5. The lowest BCUT2D eigenvalue weighted by Crippen LogP contribution is -2.47. The first-order chi connectivity index (χ1) is 26.3. The molecule has 4 rings (SSSR count). The summed E-state index contributed by atoms with van der Waals surface area (Å²) in [6, 6.07) is 17.5. The molecular weight excluding hydrogens is 690 g/mol. The second kappa shape index (κ2) is 22.0. The molecule has 0 spiro atoms. The van der Waals surface area contributed by atoms with Gasteiger partial charge in [-0.3, -0.25) is 24.1 Å². The fourth-order valence-electron chi connectivity index (χ4n) is 6.48. The largest absolute Gasteiger partial charge is 0.493 e. The number of aldehydes is 1. The van der Waals surface area contributed by atoms with Crippen molar-refractivity contribution in [3.63, 3.8) is 0 Å². The summed E-state index contributed by atoms with van der Waals surface area (Å²) in [5.41, 5.74) is 8.16. The minimum absolute atomic E-state index is 0.00199. The van der Waals surface area contributed by atoms with Crippen LogP contribution in [0, 0.1) is 0 Å². The number of carbonyl (C=O) groups is 5. The number of primary amides is 1. The van der Waals surface area contributed by atoms with E-state index < -0.39 is 23.8 Å². The van der Waals surface area contributed by atoms with E-state index >= 15 is 0 Å². The highest BCUT2D eigenvalue weighted by atomic mass is 16.5. The average Bonchev–Trinajstić information content (AvgIpc) is 3.43. The van der Waals surface area contributed by atoms with Crippen LogP contribution >= 0.6 is 0 Å². The molecule has 1 atom stereocenters. The molecule has 0 saturated carbocycles. The second-order valence-electron chi connectivity index (χ2n) is 13.3. The number of aryl methyl sites for hydroxylation is 2. The molecule has 1 unspecified atom stereocenters. The molecule has 0 fully saturated rings. The van der Waals surface area contributed by atoms with Crippen molar-refractivity contribution < 1.29 is 42.9 Å². The van der Waals surface area contributed by atoms with Crippen molar-refractivity contribution >= 4 is 29.9 Å². The molecule has 0 radical (unpaired) electrons. The Balaban J connectivity index is 1.01. The molecule has 3 aromatic carbocycles. The number of benzene rings is 3. The van der Waals surface area contributed by atoms with Crippen LogP contribution in [0.4, 0.5) is 0 Å². The maximum absolute atomic E-state index is 13.1. The van der Waals surface area contributed by atoms with E-state index in [-0.39, 0.29) is 36.5 Å². The number of hydrogen-bond acceptors (Lipinski definition) is 9. The van der Waals surface area contributed by atoms with E-state index in [2.05, 4.69) is 11.4 Å². The van der Waals surface area contributed by atoms with E-state index in [9.17, 15) is 24.0 Å². The molecule has 3 aromatic rings. The van der Waals surface area contributed by atoms with Crippen LogP contribution in [-0.2, 0) is 27.2 Å². The van der Waals surface area contributed by atoms with Crippen LogP contribution in [0.3, 0.4) is 0 Å². The average molecular weight is 744 g/mol. The van der Waals surface area contributed by atoms with E-state index in [4.69, 9.17) is 24.7 Å². The Morgan fingerprint density at radius 1 is 0.759 bits per heavy atom. The van der Waals surface area contributed by atoms with Gasteiger partial charge in [0.1, 0.15) is 23.8 Å². The zero-order valence-electron chi connectivity index (χ0n) is 31.4. The minimum atomic E-state index is -1.19. The predicted molar refractivity (Wildman–Crippen MR) is 204 cm³/mol. The van der Waals surface area contributed by atoms with Crippen molar-refractivity contribution in [2.45, 2.75) is 89.5 Å². The van der Waals surface area contributed by atoms with Gasteiger partial charge in [0.25, 0.3) is 17.7 Å². The molecule has 12 heteroatoms. The Hall–Kier alpha value is -5.39. The van der Waals surface area contributed by atoms with Crippen LogP contribution in [0.5, 0.6) is 23.0 Å². The number of nitrogens with two attached hydrogens (primary N) is 1. The summed E-state index contributed by atoms with van der Waals surface area (Å²) in [6.07, 6.45) is 11.5. The number of rotatable bonds is 26. The summed E-state index contributed by atoms with van der Waals surface area (Å²) < 4.78 is 22.3. The van der Waals surface area contributed by atoms with Gasteiger partial charge in [0.15, 0.2) is 18.1 Å². The Labute approximate surface area is 317 Å². The SMILES string of the molecule is COc1ccc(CCCc2ccc(OCC(=O)NCCCCCCCCCCOc3cccc4c3C(=O)N(C(CCC=O)C(N)=O)C4=O)cc2)cc1OC. The van der Waals surface area contributed by atoms with Crippen molar-refractivity contribution in [3.8, 4) is 23.0 Å². The van der Waals surface area contributed by atoms with Crippen molar-refractivity contribution in [2.75, 3.05) is 34.0 Å². The molecule has 3 N–H and O–H groups in total. The van der Waals surface area contributed by atoms with Crippen molar-refractivity contribution in [1.82, 2.24) is 10.2 Å². The van der Waals surface area contributed by atoms with E-state index in [1.807, 2.05) is 36.4 Å². The summed E-state index contributed by atoms with van der Waals surface area (Å²) in [5.74, 6) is 0.227. The van der Waals surface area contributed by atoms with Crippen LogP contribution in [0.2, 0.25) is 0 Å². The molecule has 1 heterocycles. The first kappa shape index (κ1) is 41.4. The van der Waals surface area contributed by atoms with E-state index in [1.165, 1.54) is 17.2 Å². The highest BCUT2D eigenvalue weighted by molar-refractivity contribution is 6.24. The summed E-state index contributed by atoms with van der Waals surface area (Å²) in [6.45, 7) is 0.995. The molecule has 0 saturated heterocycles. The number of methoxy groups -OCH3 is 2. The van der Waals surface area contributed by atoms with Gasteiger partial charge in [0.05, 0.1) is 32.0 Å². The number of amides is 4. The van der Waals surface area contributed by atoms with Gasteiger partial charge < -0.3 is 34.8 Å². The third-order valence-corrected chi connectivity index (χ3v) is 9.43. The molecule has 290 valence electrons. The number of imide groups is 1. The van der Waals surface area contributed by atoms with Gasteiger partial charge in [-0.05, 0) is 86.1 Å². The highest BCUT2D eigenvalue weighted by Gasteiger charge is 2.43. The molecule has 4 amide bonds. The van der Waals surface area contributed by atoms with Crippen LogP contribution in [0.25, 0.3) is 0 Å². The minimum Gasteiger partial charge on any atom is -0.493 e. The van der Waals surface area contributed by atoms with Gasteiger partial charge in [-0.15, -0.1) is 0 Å². The normalized spacial score (nSPS) is 12.6. The van der Waals surface area contributed by atoms with Gasteiger partial charge in [-0.25, -0.2) is 0 Å². The lowest BCUT2D eigenvalue weighted by molar-refractivity contribution is -0.123. The standard InChI is InChI=1S/C42H53N3O9/c1-51-35-24-21-31(28-37(35)52-2)15-11-14-30-19-22-32(23-20-30)54-29-38(47)44-25-9-7-5-3-4-6-8-10-27-53-36-18-12-16-33-39(36)42(50)45(41(33)49)34(40(43)48)17-13-26-46/h12,16,18-24,26,28,34H,3-11,13-15,17,25,27,29H2,1-2H3,(H2,43,48)(H,44,47). The van der Waals surface area contributed by atoms with Crippen LogP contribution in [-0.4, -0.2) is 74.8 Å². The fraction of sp³-hybridized carbons (Fsp3) is 0.452. The Morgan fingerprint density at radius 3 is 2.11 bits per heavy atom. The first-order valence-electron chi connectivity index (χ1n) is 18.8. The number of nitrogens with one attached hydrogen (secondary N) is 1. The Morgan fingerprint density at radius 2 is 1.43 bits per heavy atom. The van der Waals surface area contributed by atoms with Gasteiger partial charge >= 0.3 is 0 Å². The van der Waals surface area contributed by atoms with E-state index in [0.717, 1.165) is 87.0 Å². The summed E-state index contributed by atoms with van der Waals surface area (Å²) >= 11 is 0. The third-order valence-electron chi connectivity index (χ3n) is 9.43. The topological polar surface area (TPSA) is 164 Å². The summed E-state index contributed by atoms with van der Waals surface area (Å²) in [5, 5.41) is 2.93. The van der Waals surface area contributed by atoms with E-state index in [1.54, 1.807) is 26.4 Å². The molecular formula is C42H53N3O9. The van der Waals surface area contributed by atoms with E-state index in [0.29, 0.717) is 30.9 Å². The zero-order chi connectivity index (χ0) is 38.7. The van der Waals surface area contributed by atoms with Gasteiger partial charge in [-0.1, -0.05) is 62.8 Å². The maximum atomic E-state index is 13.1. The lowest BCUT2D eigenvalue weighted by Gasteiger charge is -2.22. The number of fused-ring (bicyclic) bond motifs is 1. The molecule has 54 heavy (non-hydrogen) atoms. The first-order valence-corrected chi connectivity index (χ1v) is 18.8. The number of nitrogens with zero attached hydrogens (tertiary/aromatic N) is 1. The summed E-state index contributed by atoms with van der Waals surface area (Å²) in [4.78, 5) is 62.0. The third kappa shape index (κ3) is 12.1. The predicted octanol–water partition coefficient (Wildman–Crippen LogP) is 6.00. The number of hydrogen-bond donors (Lipinski definition) is 2. The lowest BCUT2D eigenvalue weighted by atomic mass is 10.0. The van der Waals surface area contributed by atoms with Gasteiger partial charge in [0, 0.05) is 13.0 Å². The molecule has 12 nitrogen and oxygen atoms in total. The quantitative estimate of drug-likeness (QED) is 0.0570. The Kier molecular flexibility index (Phi) is 16.8. The van der Waals surface area contributed by atoms with Crippen molar-refractivity contribution in [1.29, 1.82) is 0 Å². The van der Waals surface area contributed by atoms with Crippen molar-refractivity contribution in [3.05, 3.63) is 82.9 Å². The van der Waals surface area contributed by atoms with Gasteiger partial charge in [0.2, 0.25) is 5.91 Å². The second-order valence-corrected chi connectivity index (χ2v) is 13.3. The van der Waals surface area contributed by atoms with Crippen molar-refractivity contribution in [2.24, 2.45) is 5.73 Å². The highest BCUT2D eigenvalue weighted by Crippen LogP contribution is 2.33. The maximum Gasteiger partial charge on any atom is 0.266 e. The zero-order valence-corrected chi connectivity index (χ0v) is 31.4. The monoisotopic (exact) mass is 743 g/mol. The molecule has 0 aliphatic carbocycles. The summed E-state index contributed by atoms with van der Waals surface area (Å²) in [7, 11) is 3.27. The number of ether oxygens (including phenoxy) is 4. The smallest absolute Gasteiger partial charge is 0.266 e. The van der Waals surface area contributed by atoms with Crippen LogP contribution < -0.4 is 30.0 Å². The van der Waals surface area contributed by atoms with Crippen LogP contribution in [0.1, 0.15) is 102 Å². The molecule has 1 aliphatic heterocycles. The van der Waals surface area contributed by atoms with Crippen LogP contribution in [0.15, 0.2) is 60.7 Å².